The summed E-state index contributed by atoms with van der Waals surface area (Å²) < 4.78 is 1.49. The number of hydrogen-bond acceptors (Lipinski definition) is 4. The van der Waals surface area contributed by atoms with Gasteiger partial charge in [0.2, 0.25) is 0 Å². The standard InChI is InChI=1S/C14H16N4O2/c1-10-11(2)17-9-18(14(10)20)7-6-16-13(19)12-4-3-5-15-8-12/h3-5,8-9H,6-7H2,1-2H3,(H,16,19). The third kappa shape index (κ3) is 3.09. The maximum Gasteiger partial charge on any atom is 0.256 e. The summed E-state index contributed by atoms with van der Waals surface area (Å²) in [4.78, 5) is 31.7. The van der Waals surface area contributed by atoms with Gasteiger partial charge in [0.15, 0.2) is 0 Å². The van der Waals surface area contributed by atoms with Crippen LogP contribution in [0.25, 0.3) is 0 Å². The molecule has 0 unspecified atom stereocenters. The second kappa shape index (κ2) is 6.10. The molecule has 0 aliphatic carbocycles. The van der Waals surface area contributed by atoms with E-state index in [-0.39, 0.29) is 11.5 Å². The second-order valence-electron chi connectivity index (χ2n) is 4.45. The fourth-order valence-electron chi connectivity index (χ4n) is 1.72. The predicted molar refractivity (Wildman–Crippen MR) is 74.5 cm³/mol. The smallest absolute Gasteiger partial charge is 0.256 e. The van der Waals surface area contributed by atoms with Gasteiger partial charge in [-0.15, -0.1) is 0 Å². The zero-order valence-corrected chi connectivity index (χ0v) is 11.5. The van der Waals surface area contributed by atoms with Crippen molar-refractivity contribution in [2.45, 2.75) is 20.4 Å². The Kier molecular flexibility index (Phi) is 4.24. The normalized spacial score (nSPS) is 10.3. The van der Waals surface area contributed by atoms with Crippen molar-refractivity contribution in [1.29, 1.82) is 0 Å². The minimum atomic E-state index is -0.206. The van der Waals surface area contributed by atoms with E-state index in [1.165, 1.54) is 17.1 Å². The second-order valence-corrected chi connectivity index (χ2v) is 4.45. The van der Waals surface area contributed by atoms with Gasteiger partial charge in [-0.05, 0) is 26.0 Å². The van der Waals surface area contributed by atoms with Gasteiger partial charge in [-0.1, -0.05) is 0 Å². The number of amides is 1. The maximum absolute atomic E-state index is 11.9. The monoisotopic (exact) mass is 272 g/mol. The topological polar surface area (TPSA) is 76.9 Å². The number of pyridine rings is 1. The van der Waals surface area contributed by atoms with Crippen LogP contribution in [-0.4, -0.2) is 27.0 Å². The van der Waals surface area contributed by atoms with E-state index in [9.17, 15) is 9.59 Å². The first kappa shape index (κ1) is 13.9. The van der Waals surface area contributed by atoms with Crippen molar-refractivity contribution in [3.63, 3.8) is 0 Å². The molecule has 0 aromatic carbocycles. The van der Waals surface area contributed by atoms with Crippen LogP contribution in [0, 0.1) is 13.8 Å². The molecule has 6 heteroatoms. The molecule has 0 bridgehead atoms. The SMILES string of the molecule is Cc1ncn(CCNC(=O)c2cccnc2)c(=O)c1C. The first-order chi connectivity index (χ1) is 9.59. The molecule has 0 atom stereocenters. The Hall–Kier alpha value is -2.50. The summed E-state index contributed by atoms with van der Waals surface area (Å²) in [5.74, 6) is -0.206. The van der Waals surface area contributed by atoms with Crippen LogP contribution in [0.4, 0.5) is 0 Å². The third-order valence-electron chi connectivity index (χ3n) is 3.08. The van der Waals surface area contributed by atoms with Gasteiger partial charge >= 0.3 is 0 Å². The molecule has 1 amide bonds. The first-order valence-electron chi connectivity index (χ1n) is 6.30. The van der Waals surface area contributed by atoms with Gasteiger partial charge in [0.05, 0.1) is 11.9 Å². The van der Waals surface area contributed by atoms with E-state index < -0.39 is 0 Å². The molecule has 0 aliphatic heterocycles. The lowest BCUT2D eigenvalue weighted by atomic mass is 10.2. The number of aromatic nitrogens is 3. The lowest BCUT2D eigenvalue weighted by Crippen LogP contribution is -2.32. The number of nitrogens with one attached hydrogen (secondary N) is 1. The highest BCUT2D eigenvalue weighted by atomic mass is 16.1. The van der Waals surface area contributed by atoms with Crippen LogP contribution < -0.4 is 10.9 Å². The van der Waals surface area contributed by atoms with Gasteiger partial charge in [0.1, 0.15) is 0 Å². The number of carbonyl (C=O) groups excluding carboxylic acids is 1. The summed E-state index contributed by atoms with van der Waals surface area (Å²) in [6.45, 7) is 4.29. The summed E-state index contributed by atoms with van der Waals surface area (Å²) in [6, 6.07) is 3.39. The van der Waals surface area contributed by atoms with Crippen molar-refractivity contribution in [1.82, 2.24) is 19.9 Å². The molecule has 0 saturated heterocycles. The summed E-state index contributed by atoms with van der Waals surface area (Å²) in [5, 5.41) is 2.74. The molecule has 2 heterocycles. The van der Waals surface area contributed by atoms with Crippen molar-refractivity contribution in [2.75, 3.05) is 6.54 Å². The molecular weight excluding hydrogens is 256 g/mol. The summed E-state index contributed by atoms with van der Waals surface area (Å²) >= 11 is 0. The van der Waals surface area contributed by atoms with Crippen molar-refractivity contribution in [3.8, 4) is 0 Å². The van der Waals surface area contributed by atoms with Gasteiger partial charge in [0.25, 0.3) is 11.5 Å². The van der Waals surface area contributed by atoms with E-state index in [2.05, 4.69) is 15.3 Å². The lowest BCUT2D eigenvalue weighted by Gasteiger charge is -2.08. The molecule has 6 nitrogen and oxygen atoms in total. The van der Waals surface area contributed by atoms with E-state index >= 15 is 0 Å². The van der Waals surface area contributed by atoms with Crippen molar-refractivity contribution < 1.29 is 4.79 Å². The Bertz CT molecular complexity index is 665. The number of aryl methyl sites for hydroxylation is 1. The highest BCUT2D eigenvalue weighted by Crippen LogP contribution is 1.96. The largest absolute Gasteiger partial charge is 0.350 e. The molecule has 2 aromatic rings. The first-order valence-corrected chi connectivity index (χ1v) is 6.30. The zero-order valence-electron chi connectivity index (χ0n) is 11.5. The molecule has 1 N–H and O–H groups in total. The van der Waals surface area contributed by atoms with E-state index in [1.807, 2.05) is 0 Å². The van der Waals surface area contributed by atoms with E-state index in [4.69, 9.17) is 0 Å². The predicted octanol–water partition coefficient (Wildman–Crippen LogP) is 0.685. The molecule has 2 rings (SSSR count). The van der Waals surface area contributed by atoms with E-state index in [1.54, 1.807) is 32.2 Å². The van der Waals surface area contributed by atoms with E-state index in [0.717, 1.165) is 5.69 Å². The number of nitrogens with zero attached hydrogens (tertiary/aromatic N) is 3. The third-order valence-corrected chi connectivity index (χ3v) is 3.08. The Morgan fingerprint density at radius 2 is 2.20 bits per heavy atom. The lowest BCUT2D eigenvalue weighted by molar-refractivity contribution is 0.0952. The fourth-order valence-corrected chi connectivity index (χ4v) is 1.72. The molecule has 104 valence electrons. The van der Waals surface area contributed by atoms with Gasteiger partial charge in [-0.3, -0.25) is 19.1 Å². The Morgan fingerprint density at radius 3 is 2.90 bits per heavy atom. The van der Waals surface area contributed by atoms with Gasteiger partial charge in [0, 0.05) is 36.7 Å². The summed E-state index contributed by atoms with van der Waals surface area (Å²) in [5.41, 5.74) is 1.78. The van der Waals surface area contributed by atoms with Crippen LogP contribution in [0.2, 0.25) is 0 Å². The van der Waals surface area contributed by atoms with Crippen LogP contribution in [0.1, 0.15) is 21.6 Å². The van der Waals surface area contributed by atoms with Crippen LogP contribution >= 0.6 is 0 Å². The zero-order chi connectivity index (χ0) is 14.5. The van der Waals surface area contributed by atoms with Crippen molar-refractivity contribution in [2.24, 2.45) is 0 Å². The van der Waals surface area contributed by atoms with E-state index in [0.29, 0.717) is 24.2 Å². The van der Waals surface area contributed by atoms with Crippen LogP contribution in [-0.2, 0) is 6.54 Å². The molecule has 0 saturated carbocycles. The van der Waals surface area contributed by atoms with Gasteiger partial charge < -0.3 is 5.32 Å². The highest BCUT2D eigenvalue weighted by Gasteiger charge is 2.06. The molecule has 0 radical (unpaired) electrons. The van der Waals surface area contributed by atoms with Crippen molar-refractivity contribution >= 4 is 5.91 Å². The number of carbonyl (C=O) groups is 1. The minimum absolute atomic E-state index is 0.0758. The summed E-state index contributed by atoms with van der Waals surface area (Å²) in [6.07, 6.45) is 4.61. The fraction of sp³-hybridized carbons (Fsp3) is 0.286. The Morgan fingerprint density at radius 1 is 1.40 bits per heavy atom. The Labute approximate surface area is 116 Å². The number of hydrogen-bond donors (Lipinski definition) is 1. The molecule has 0 spiro atoms. The average Bonchev–Trinajstić information content (AvgIpc) is 2.48. The molecular formula is C14H16N4O2. The quantitative estimate of drug-likeness (QED) is 0.888. The van der Waals surface area contributed by atoms with Crippen molar-refractivity contribution in [3.05, 3.63) is 58.0 Å². The average molecular weight is 272 g/mol. The molecule has 0 aliphatic rings. The molecule has 0 fully saturated rings. The van der Waals surface area contributed by atoms with Crippen LogP contribution in [0.15, 0.2) is 35.6 Å². The van der Waals surface area contributed by atoms with Gasteiger partial charge in [-0.2, -0.15) is 0 Å². The van der Waals surface area contributed by atoms with Gasteiger partial charge in [-0.25, -0.2) is 4.98 Å². The Balaban J connectivity index is 1.96. The van der Waals surface area contributed by atoms with Crippen LogP contribution in [0.3, 0.4) is 0 Å². The minimum Gasteiger partial charge on any atom is -0.350 e. The number of rotatable bonds is 4. The highest BCUT2D eigenvalue weighted by molar-refractivity contribution is 5.93. The summed E-state index contributed by atoms with van der Waals surface area (Å²) in [7, 11) is 0. The molecule has 20 heavy (non-hydrogen) atoms. The van der Waals surface area contributed by atoms with Crippen LogP contribution in [0.5, 0.6) is 0 Å². The maximum atomic E-state index is 11.9. The molecule has 2 aromatic heterocycles.